The molecule has 37 heavy (non-hydrogen) atoms. The zero-order valence-corrected chi connectivity index (χ0v) is 26.1. The third-order valence-corrected chi connectivity index (χ3v) is 10.4. The zero-order chi connectivity index (χ0) is 28.1. The van der Waals surface area contributed by atoms with Crippen molar-refractivity contribution in [2.24, 2.45) is 5.41 Å². The van der Waals surface area contributed by atoms with Crippen LogP contribution in [0.2, 0.25) is 0 Å². The van der Waals surface area contributed by atoms with Crippen LogP contribution >= 0.6 is 23.5 Å². The lowest BCUT2D eigenvalue weighted by Gasteiger charge is -2.38. The summed E-state index contributed by atoms with van der Waals surface area (Å²) in [5.41, 5.74) is -0.385. The number of hydrogen-bond acceptors (Lipinski definition) is 8. The molecule has 1 saturated carbocycles. The van der Waals surface area contributed by atoms with Crippen LogP contribution in [0.15, 0.2) is 0 Å². The van der Waals surface area contributed by atoms with Crippen LogP contribution in [0, 0.1) is 5.41 Å². The molecule has 0 aromatic heterocycles. The van der Waals surface area contributed by atoms with Gasteiger partial charge < -0.3 is 29.7 Å². The molecule has 2 N–H and O–H groups in total. The Kier molecular flexibility index (Phi) is 16.3. The average molecular weight is 552 g/mol. The van der Waals surface area contributed by atoms with E-state index < -0.39 is 11.5 Å². The van der Waals surface area contributed by atoms with E-state index in [1.807, 2.05) is 48.0 Å². The summed E-state index contributed by atoms with van der Waals surface area (Å²) in [5.74, 6) is 1.23. The number of hydrogen-bond donors (Lipinski definition) is 2. The highest BCUT2D eigenvalue weighted by atomic mass is 32.2. The average Bonchev–Trinajstić information content (AvgIpc) is 2.85. The van der Waals surface area contributed by atoms with Gasteiger partial charge in [-0.2, -0.15) is 23.5 Å². The van der Waals surface area contributed by atoms with Gasteiger partial charge in [0.2, 0.25) is 5.91 Å². The monoisotopic (exact) mass is 552 g/mol. The normalized spacial score (nSPS) is 19.4. The summed E-state index contributed by atoms with van der Waals surface area (Å²) in [6.07, 6.45) is 3.74. The smallest absolute Gasteiger partial charge is 0.226 e. The molecule has 1 fully saturated rings. The van der Waals surface area contributed by atoms with Gasteiger partial charge in [-0.05, 0) is 46.5 Å². The minimum atomic E-state index is -0.641. The Morgan fingerprint density at radius 1 is 0.946 bits per heavy atom. The number of thioether (sulfide) groups is 2. The first kappa shape index (κ1) is 34.7. The highest BCUT2D eigenvalue weighted by Crippen LogP contribution is 2.40. The van der Waals surface area contributed by atoms with Crippen molar-refractivity contribution < 1.29 is 23.9 Å². The number of amides is 1. The fraction of sp³-hybridized carbons (Fsp3) is 0.875. The van der Waals surface area contributed by atoms with Crippen LogP contribution in [-0.4, -0.2) is 107 Å². The lowest BCUT2D eigenvalue weighted by atomic mass is 9.51. The van der Waals surface area contributed by atoms with Gasteiger partial charge in [-0.3, -0.25) is 4.79 Å². The molecule has 7 nitrogen and oxygen atoms in total. The van der Waals surface area contributed by atoms with Crippen molar-refractivity contribution in [3.8, 4) is 0 Å². The SMILES string of the molecule is BBC(=O)C(CSC1CCC1SCC(NC(C)(C)CC)C(=O)BB)NC(=O)C(C)(C)CCOCOCC. The Morgan fingerprint density at radius 3 is 1.97 bits per heavy atom. The highest BCUT2D eigenvalue weighted by Gasteiger charge is 2.36. The molecule has 0 aromatic carbocycles. The second-order valence-electron chi connectivity index (χ2n) is 11.1. The maximum atomic E-state index is 13.0. The first-order chi connectivity index (χ1) is 17.4. The summed E-state index contributed by atoms with van der Waals surface area (Å²) < 4.78 is 10.6. The van der Waals surface area contributed by atoms with Crippen molar-refractivity contribution in [3.63, 3.8) is 0 Å². The Morgan fingerprint density at radius 2 is 1.49 bits per heavy atom. The molecule has 13 heteroatoms. The van der Waals surface area contributed by atoms with Gasteiger partial charge in [0, 0.05) is 39.6 Å². The summed E-state index contributed by atoms with van der Waals surface area (Å²) in [6.45, 7) is 13.3. The van der Waals surface area contributed by atoms with Gasteiger partial charge in [0.1, 0.15) is 12.5 Å². The Bertz CT molecular complexity index is 733. The van der Waals surface area contributed by atoms with Crippen molar-refractivity contribution in [1.29, 1.82) is 0 Å². The van der Waals surface area contributed by atoms with Gasteiger partial charge in [-0.1, -0.05) is 20.8 Å². The zero-order valence-electron chi connectivity index (χ0n) is 24.4. The highest BCUT2D eigenvalue weighted by molar-refractivity contribution is 8.04. The lowest BCUT2D eigenvalue weighted by Crippen LogP contribution is -2.52. The number of carbonyl (C=O) groups is 3. The van der Waals surface area contributed by atoms with Crippen LogP contribution in [0.5, 0.6) is 0 Å². The van der Waals surface area contributed by atoms with E-state index in [9.17, 15) is 14.4 Å². The molecule has 4 atom stereocenters. The molecule has 1 aliphatic rings. The maximum Gasteiger partial charge on any atom is 0.226 e. The molecule has 1 rings (SSSR count). The van der Waals surface area contributed by atoms with Crippen LogP contribution < -0.4 is 10.6 Å². The Balaban J connectivity index is 2.62. The quantitative estimate of drug-likeness (QED) is 0.118. The van der Waals surface area contributed by atoms with E-state index in [0.717, 1.165) is 25.0 Å². The molecular formula is C24H48B4N2O5S2. The van der Waals surface area contributed by atoms with Crippen molar-refractivity contribution in [1.82, 2.24) is 10.6 Å². The van der Waals surface area contributed by atoms with Crippen LogP contribution in [0.25, 0.3) is 0 Å². The second-order valence-corrected chi connectivity index (χ2v) is 13.6. The predicted octanol–water partition coefficient (Wildman–Crippen LogP) is 0.0647. The van der Waals surface area contributed by atoms with Crippen LogP contribution in [-0.2, 0) is 23.9 Å². The van der Waals surface area contributed by atoms with E-state index in [4.69, 9.17) is 9.47 Å². The van der Waals surface area contributed by atoms with Crippen LogP contribution in [0.4, 0.5) is 0 Å². The van der Waals surface area contributed by atoms with E-state index in [-0.39, 0.29) is 35.6 Å². The number of nitrogens with one attached hydrogen (secondary N) is 2. The summed E-state index contributed by atoms with van der Waals surface area (Å²) in [5, 5.41) is 7.49. The third-order valence-electron chi connectivity index (χ3n) is 7.19. The molecule has 0 aromatic rings. The molecule has 208 valence electrons. The number of carbonyl (C=O) groups excluding carboxylic acids is 3. The summed E-state index contributed by atoms with van der Waals surface area (Å²) in [4.78, 5) is 38.2. The maximum absolute atomic E-state index is 13.0. The molecule has 4 unspecified atom stereocenters. The summed E-state index contributed by atoms with van der Waals surface area (Å²) in [6, 6.07) is -0.622. The Hall–Kier alpha value is -0.350. The van der Waals surface area contributed by atoms with Gasteiger partial charge in [0.15, 0.2) is 14.3 Å². The fourth-order valence-electron chi connectivity index (χ4n) is 3.75. The van der Waals surface area contributed by atoms with Gasteiger partial charge in [-0.25, -0.2) is 0 Å². The minimum Gasteiger partial charge on any atom is -0.356 e. The number of ether oxygens (including phenoxy) is 2. The van der Waals surface area contributed by atoms with Crippen molar-refractivity contribution in [2.75, 3.05) is 31.5 Å². The van der Waals surface area contributed by atoms with Crippen molar-refractivity contribution >= 4 is 70.6 Å². The predicted molar refractivity (Wildman–Crippen MR) is 167 cm³/mol. The van der Waals surface area contributed by atoms with Crippen LogP contribution in [0.3, 0.4) is 0 Å². The summed E-state index contributed by atoms with van der Waals surface area (Å²) in [7, 11) is 4.70. The van der Waals surface area contributed by atoms with Crippen molar-refractivity contribution in [3.05, 3.63) is 0 Å². The Labute approximate surface area is 236 Å². The number of rotatable bonds is 21. The molecule has 0 bridgehead atoms. The fourth-order valence-corrected chi connectivity index (χ4v) is 6.95. The van der Waals surface area contributed by atoms with Gasteiger partial charge in [0.05, 0.1) is 39.8 Å². The first-order valence-corrected chi connectivity index (χ1v) is 16.0. The molecule has 0 saturated heterocycles. The van der Waals surface area contributed by atoms with E-state index in [0.29, 0.717) is 50.2 Å². The van der Waals surface area contributed by atoms with Crippen molar-refractivity contribution in [2.45, 2.75) is 95.3 Å². The lowest BCUT2D eigenvalue weighted by molar-refractivity contribution is -0.133. The minimum absolute atomic E-state index is 0.0624. The molecule has 1 aliphatic carbocycles. The molecule has 0 aliphatic heterocycles. The topological polar surface area (TPSA) is 93.7 Å². The molecule has 1 amide bonds. The molecule has 0 heterocycles. The largest absolute Gasteiger partial charge is 0.356 e. The van der Waals surface area contributed by atoms with Crippen LogP contribution in [0.1, 0.15) is 67.2 Å². The van der Waals surface area contributed by atoms with E-state index in [1.165, 1.54) is 0 Å². The van der Waals surface area contributed by atoms with E-state index >= 15 is 0 Å². The molecule has 0 spiro atoms. The first-order valence-electron chi connectivity index (χ1n) is 13.9. The third kappa shape index (κ3) is 12.6. The van der Waals surface area contributed by atoms with E-state index in [2.05, 4.69) is 31.4 Å². The summed E-state index contributed by atoms with van der Waals surface area (Å²) >= 11 is 3.66. The standard InChI is InChI=1S/C24H48B4N2O5S2/c1-7-24(5,6)30-17(21(32)28-26)14-37-19-10-9-18(19)36-13-16(20(31)27-25)29-22(33)23(3,4)11-12-35-15-34-8-2/h16-19,27-28,30H,7-15,25-26H2,1-6H3,(H,29,33). The molecule has 0 radical (unpaired) electrons. The van der Waals surface area contributed by atoms with Gasteiger partial charge in [0.25, 0.3) is 0 Å². The van der Waals surface area contributed by atoms with E-state index in [1.54, 1.807) is 11.8 Å². The van der Waals surface area contributed by atoms with Gasteiger partial charge in [-0.15, -0.1) is 0 Å². The van der Waals surface area contributed by atoms with Gasteiger partial charge >= 0.3 is 0 Å². The second kappa shape index (κ2) is 17.4. The molecular weight excluding hydrogens is 504 g/mol.